The Hall–Kier alpha value is -3.19. The van der Waals surface area contributed by atoms with Crippen molar-refractivity contribution in [1.82, 2.24) is 4.57 Å². The van der Waals surface area contributed by atoms with Crippen molar-refractivity contribution in [3.63, 3.8) is 0 Å². The topological polar surface area (TPSA) is 87.7 Å². The molecule has 1 atom stereocenters. The first-order valence-electron chi connectivity index (χ1n) is 11.9. The molecule has 2 heterocycles. The summed E-state index contributed by atoms with van der Waals surface area (Å²) in [6.45, 7) is 3.98. The van der Waals surface area contributed by atoms with Crippen LogP contribution in [-0.2, 0) is 9.47 Å². The number of hydrogen-bond donors (Lipinski definition) is 2. The van der Waals surface area contributed by atoms with Crippen LogP contribution in [-0.4, -0.2) is 36.6 Å². The summed E-state index contributed by atoms with van der Waals surface area (Å²) in [6, 6.07) is 14.0. The fourth-order valence-electron chi connectivity index (χ4n) is 4.99. The van der Waals surface area contributed by atoms with E-state index in [1.807, 2.05) is 43.3 Å². The van der Waals surface area contributed by atoms with Gasteiger partial charge in [-0.3, -0.25) is 5.32 Å². The molecule has 3 N–H and O–H groups in total. The largest absolute Gasteiger partial charge is 0.494 e. The molecule has 1 aromatic heterocycles. The van der Waals surface area contributed by atoms with Crippen LogP contribution in [0.3, 0.4) is 0 Å². The highest BCUT2D eigenvalue weighted by Gasteiger charge is 2.26. The van der Waals surface area contributed by atoms with Gasteiger partial charge in [-0.1, -0.05) is 12.1 Å². The van der Waals surface area contributed by atoms with Gasteiger partial charge < -0.3 is 24.5 Å². The number of rotatable bonds is 6. The molecule has 1 saturated carbocycles. The van der Waals surface area contributed by atoms with Crippen molar-refractivity contribution in [2.45, 2.75) is 51.2 Å². The second-order valence-electron chi connectivity index (χ2n) is 8.78. The van der Waals surface area contributed by atoms with Crippen molar-refractivity contribution in [3.05, 3.63) is 42.5 Å². The lowest BCUT2D eigenvalue weighted by molar-refractivity contribution is 0.114. The predicted molar refractivity (Wildman–Crippen MR) is 130 cm³/mol. The summed E-state index contributed by atoms with van der Waals surface area (Å²) in [7, 11) is 0. The molecule has 7 heteroatoms. The van der Waals surface area contributed by atoms with Gasteiger partial charge >= 0.3 is 6.09 Å². The van der Waals surface area contributed by atoms with Gasteiger partial charge in [-0.05, 0) is 63.3 Å². The summed E-state index contributed by atoms with van der Waals surface area (Å²) < 4.78 is 19.2. The van der Waals surface area contributed by atoms with Crippen molar-refractivity contribution in [2.24, 2.45) is 0 Å². The minimum Gasteiger partial charge on any atom is -0.494 e. The molecule has 1 aliphatic heterocycles. The Morgan fingerprint density at radius 2 is 1.94 bits per heavy atom. The quantitative estimate of drug-likeness (QED) is 0.501. The standard InChI is InChI=1S/C26H31N3O4/c1-2-32-21-11-12-22-23(15-21)29(19-13-14-31-16-19)25(24(22)27)17-7-9-18(10-8-17)28-26(30)33-20-5-3-4-6-20/h7-12,15,19-20H,2-6,13-14,16,27H2,1H3,(H,28,30). The van der Waals surface area contributed by atoms with Gasteiger partial charge in [-0.25, -0.2) is 4.79 Å². The minimum atomic E-state index is -0.394. The zero-order valence-corrected chi connectivity index (χ0v) is 19.0. The van der Waals surface area contributed by atoms with Gasteiger partial charge in [0, 0.05) is 29.3 Å². The summed E-state index contributed by atoms with van der Waals surface area (Å²) in [5, 5.41) is 3.85. The van der Waals surface area contributed by atoms with Gasteiger partial charge in [0.1, 0.15) is 11.9 Å². The zero-order valence-electron chi connectivity index (χ0n) is 19.0. The number of nitrogens with two attached hydrogens (primary N) is 1. The van der Waals surface area contributed by atoms with E-state index in [1.54, 1.807) is 0 Å². The number of carbonyl (C=O) groups is 1. The monoisotopic (exact) mass is 449 g/mol. The second-order valence-corrected chi connectivity index (χ2v) is 8.78. The van der Waals surface area contributed by atoms with E-state index in [0.29, 0.717) is 18.9 Å². The molecule has 1 unspecified atom stereocenters. The highest BCUT2D eigenvalue weighted by atomic mass is 16.6. The maximum absolute atomic E-state index is 12.2. The van der Waals surface area contributed by atoms with Crippen LogP contribution in [0, 0.1) is 0 Å². The first-order chi connectivity index (χ1) is 16.1. The molecular weight excluding hydrogens is 418 g/mol. The normalized spacial score (nSPS) is 18.6. The summed E-state index contributed by atoms with van der Waals surface area (Å²) in [5.41, 5.74) is 11.1. The van der Waals surface area contributed by atoms with E-state index in [1.165, 1.54) is 0 Å². The Bertz CT molecular complexity index is 1130. The third-order valence-electron chi connectivity index (χ3n) is 6.58. The lowest BCUT2D eigenvalue weighted by atomic mass is 10.1. The number of benzene rings is 2. The third kappa shape index (κ3) is 4.37. The summed E-state index contributed by atoms with van der Waals surface area (Å²) in [5.74, 6) is 0.828. The van der Waals surface area contributed by atoms with Crippen LogP contribution in [0.15, 0.2) is 42.5 Å². The number of nitrogens with one attached hydrogen (secondary N) is 1. The Balaban J connectivity index is 1.46. The number of nitrogens with zero attached hydrogens (tertiary/aromatic N) is 1. The zero-order chi connectivity index (χ0) is 22.8. The molecule has 2 aromatic carbocycles. The molecule has 2 fully saturated rings. The summed E-state index contributed by atoms with van der Waals surface area (Å²) in [6.07, 6.45) is 4.73. The van der Waals surface area contributed by atoms with Crippen molar-refractivity contribution in [1.29, 1.82) is 0 Å². The Kier molecular flexibility index (Phi) is 6.13. The van der Waals surface area contributed by atoms with Crippen molar-refractivity contribution in [3.8, 4) is 17.0 Å². The maximum Gasteiger partial charge on any atom is 0.411 e. The molecule has 174 valence electrons. The van der Waals surface area contributed by atoms with Gasteiger partial charge in [-0.15, -0.1) is 0 Å². The first kappa shape index (κ1) is 21.6. The molecule has 0 radical (unpaired) electrons. The summed E-state index contributed by atoms with van der Waals surface area (Å²) >= 11 is 0. The van der Waals surface area contributed by atoms with Crippen molar-refractivity contribution < 1.29 is 19.0 Å². The van der Waals surface area contributed by atoms with Crippen LogP contribution in [0.25, 0.3) is 22.2 Å². The SMILES string of the molecule is CCOc1ccc2c(N)c(-c3ccc(NC(=O)OC4CCCC4)cc3)n(C3CCOC3)c2c1. The lowest BCUT2D eigenvalue weighted by Crippen LogP contribution is -2.20. The molecule has 1 saturated heterocycles. The molecule has 2 aliphatic rings. The van der Waals surface area contributed by atoms with Gasteiger partial charge in [-0.2, -0.15) is 0 Å². The Labute approximate surface area is 193 Å². The Morgan fingerprint density at radius 1 is 1.15 bits per heavy atom. The van der Waals surface area contributed by atoms with Crippen LogP contribution in [0.1, 0.15) is 45.1 Å². The fourth-order valence-corrected chi connectivity index (χ4v) is 4.99. The molecule has 1 amide bonds. The number of ether oxygens (including phenoxy) is 3. The number of hydrogen-bond acceptors (Lipinski definition) is 5. The van der Waals surface area contributed by atoms with E-state index in [-0.39, 0.29) is 12.1 Å². The van der Waals surface area contributed by atoms with E-state index < -0.39 is 6.09 Å². The third-order valence-corrected chi connectivity index (χ3v) is 6.58. The van der Waals surface area contributed by atoms with Gasteiger partial charge in [0.05, 0.1) is 36.2 Å². The smallest absolute Gasteiger partial charge is 0.411 e. The van der Waals surface area contributed by atoms with Crippen LogP contribution in [0.2, 0.25) is 0 Å². The molecule has 0 spiro atoms. The van der Waals surface area contributed by atoms with Gasteiger partial charge in [0.15, 0.2) is 0 Å². The first-order valence-corrected chi connectivity index (χ1v) is 11.9. The number of nitrogen functional groups attached to an aromatic ring is 1. The molecular formula is C26H31N3O4. The second kappa shape index (κ2) is 9.35. The minimum absolute atomic E-state index is 0.0370. The summed E-state index contributed by atoms with van der Waals surface area (Å²) in [4.78, 5) is 12.2. The van der Waals surface area contributed by atoms with Crippen molar-refractivity contribution in [2.75, 3.05) is 30.9 Å². The number of carbonyl (C=O) groups excluding carboxylic acids is 1. The van der Waals surface area contributed by atoms with Crippen molar-refractivity contribution >= 4 is 28.4 Å². The van der Waals surface area contributed by atoms with Crippen LogP contribution in [0.4, 0.5) is 16.2 Å². The average molecular weight is 450 g/mol. The van der Waals surface area contributed by atoms with Gasteiger partial charge in [0.2, 0.25) is 0 Å². The maximum atomic E-state index is 12.2. The van der Waals surface area contributed by atoms with E-state index in [4.69, 9.17) is 19.9 Å². The molecule has 7 nitrogen and oxygen atoms in total. The number of fused-ring (bicyclic) bond motifs is 1. The van der Waals surface area contributed by atoms with Crippen LogP contribution >= 0.6 is 0 Å². The average Bonchev–Trinajstić information content (AvgIpc) is 3.56. The molecule has 33 heavy (non-hydrogen) atoms. The highest BCUT2D eigenvalue weighted by molar-refractivity contribution is 6.01. The molecule has 3 aromatic rings. The predicted octanol–water partition coefficient (Wildman–Crippen LogP) is 5.74. The molecule has 0 bridgehead atoms. The molecule has 5 rings (SSSR count). The van der Waals surface area contributed by atoms with Gasteiger partial charge in [0.25, 0.3) is 0 Å². The Morgan fingerprint density at radius 3 is 2.64 bits per heavy atom. The number of aromatic nitrogens is 1. The molecule has 1 aliphatic carbocycles. The van der Waals surface area contributed by atoms with E-state index in [9.17, 15) is 4.79 Å². The number of amides is 1. The lowest BCUT2D eigenvalue weighted by Gasteiger charge is -2.18. The van der Waals surface area contributed by atoms with E-state index >= 15 is 0 Å². The van der Waals surface area contributed by atoms with E-state index in [0.717, 1.165) is 72.3 Å². The highest BCUT2D eigenvalue weighted by Crippen LogP contribution is 2.41. The fraction of sp³-hybridized carbons (Fsp3) is 0.423. The van der Waals surface area contributed by atoms with Crippen LogP contribution in [0.5, 0.6) is 5.75 Å². The number of anilines is 2. The van der Waals surface area contributed by atoms with Crippen LogP contribution < -0.4 is 15.8 Å². The van der Waals surface area contributed by atoms with E-state index in [2.05, 4.69) is 16.0 Å².